The quantitative estimate of drug-likeness (QED) is 0.162. The highest BCUT2D eigenvalue weighted by Gasteiger charge is 2.27. The van der Waals surface area contributed by atoms with Crippen molar-refractivity contribution >= 4 is 41.8 Å². The summed E-state index contributed by atoms with van der Waals surface area (Å²) in [7, 11) is 3.41. The van der Waals surface area contributed by atoms with Crippen molar-refractivity contribution in [2.45, 2.75) is 27.2 Å². The Kier molecular flexibility index (Phi) is 14.2. The second-order valence-corrected chi connectivity index (χ2v) is 7.78. The molecule has 3 N–H and O–H groups in total. The van der Waals surface area contributed by atoms with Crippen LogP contribution >= 0.6 is 24.0 Å². The third-order valence-electron chi connectivity index (χ3n) is 4.57. The minimum atomic E-state index is -0.585. The van der Waals surface area contributed by atoms with Crippen LogP contribution in [0.25, 0.3) is 0 Å². The first-order chi connectivity index (χ1) is 13.3. The highest BCUT2D eigenvalue weighted by molar-refractivity contribution is 14.0. The summed E-state index contributed by atoms with van der Waals surface area (Å²) in [5.41, 5.74) is -0.585. The summed E-state index contributed by atoms with van der Waals surface area (Å²) in [6.45, 7) is 12.0. The molecule has 1 aliphatic rings. The second-order valence-electron chi connectivity index (χ2n) is 7.78. The predicted molar refractivity (Wildman–Crippen MR) is 127 cm³/mol. The molecule has 0 saturated carbocycles. The van der Waals surface area contributed by atoms with Crippen molar-refractivity contribution in [1.29, 1.82) is 0 Å². The monoisotopic (exact) mass is 526 g/mol. The maximum atomic E-state index is 12.2. The van der Waals surface area contributed by atoms with Gasteiger partial charge in [0.2, 0.25) is 11.8 Å². The molecule has 0 aromatic heterocycles. The number of nitrogens with one attached hydrogen (secondary N) is 3. The number of hydrogen-bond acceptors (Lipinski definition) is 5. The number of carbonyl (C=O) groups excluding carboxylic acids is 2. The van der Waals surface area contributed by atoms with Gasteiger partial charge < -0.3 is 25.6 Å². The second kappa shape index (κ2) is 14.8. The van der Waals surface area contributed by atoms with Crippen molar-refractivity contribution in [2.75, 3.05) is 73.1 Å². The van der Waals surface area contributed by atoms with Gasteiger partial charge in [-0.05, 0) is 33.7 Å². The zero-order valence-corrected chi connectivity index (χ0v) is 20.9. The van der Waals surface area contributed by atoms with Crippen molar-refractivity contribution in [3.8, 4) is 0 Å². The molecule has 0 spiro atoms. The van der Waals surface area contributed by atoms with E-state index < -0.39 is 5.41 Å². The third-order valence-corrected chi connectivity index (χ3v) is 4.57. The molecule has 29 heavy (non-hydrogen) atoms. The molecule has 9 nitrogen and oxygen atoms in total. The lowest BCUT2D eigenvalue weighted by atomic mass is 9.92. The number of hydrogen-bond donors (Lipinski definition) is 3. The minimum Gasteiger partial charge on any atom is -0.379 e. The molecule has 0 aliphatic carbocycles. The first-order valence-electron chi connectivity index (χ1n) is 10.1. The number of rotatable bonds is 10. The van der Waals surface area contributed by atoms with Crippen LogP contribution in [0.2, 0.25) is 0 Å². The van der Waals surface area contributed by atoms with Gasteiger partial charge in [-0.3, -0.25) is 14.5 Å². The van der Waals surface area contributed by atoms with E-state index in [0.29, 0.717) is 19.0 Å². The summed E-state index contributed by atoms with van der Waals surface area (Å²) in [5.74, 6) is 0.463. The first-order valence-corrected chi connectivity index (χ1v) is 10.1. The summed E-state index contributed by atoms with van der Waals surface area (Å²) < 4.78 is 5.36. The van der Waals surface area contributed by atoms with Crippen molar-refractivity contribution in [3.63, 3.8) is 0 Å². The third kappa shape index (κ3) is 11.6. The molecule has 1 fully saturated rings. The lowest BCUT2D eigenvalue weighted by Gasteiger charge is -2.27. The number of likely N-dealkylation sites (N-methyl/N-ethyl adjacent to an activating group) is 1. The van der Waals surface area contributed by atoms with E-state index in [0.717, 1.165) is 45.8 Å². The van der Waals surface area contributed by atoms with Gasteiger partial charge in [0.05, 0.1) is 18.6 Å². The van der Waals surface area contributed by atoms with Crippen molar-refractivity contribution in [1.82, 2.24) is 25.8 Å². The Morgan fingerprint density at radius 3 is 2.38 bits per heavy atom. The lowest BCUT2D eigenvalue weighted by molar-refractivity contribution is -0.129. The molecular weight excluding hydrogens is 487 g/mol. The molecule has 0 bridgehead atoms. The van der Waals surface area contributed by atoms with E-state index in [2.05, 4.69) is 25.8 Å². The van der Waals surface area contributed by atoms with Crippen LogP contribution in [-0.4, -0.2) is 101 Å². The van der Waals surface area contributed by atoms with Gasteiger partial charge in [0, 0.05) is 46.8 Å². The van der Waals surface area contributed by atoms with Crippen LogP contribution in [-0.2, 0) is 14.3 Å². The normalized spacial score (nSPS) is 15.3. The van der Waals surface area contributed by atoms with Crippen molar-refractivity contribution < 1.29 is 14.3 Å². The fourth-order valence-corrected chi connectivity index (χ4v) is 2.58. The molecule has 0 atom stereocenters. The van der Waals surface area contributed by atoms with Crippen LogP contribution < -0.4 is 16.0 Å². The molecule has 0 aromatic rings. The van der Waals surface area contributed by atoms with Gasteiger partial charge in [-0.15, -0.1) is 24.0 Å². The van der Waals surface area contributed by atoms with E-state index >= 15 is 0 Å². The van der Waals surface area contributed by atoms with Gasteiger partial charge in [0.25, 0.3) is 0 Å². The summed E-state index contributed by atoms with van der Waals surface area (Å²) in [5, 5.41) is 9.33. The minimum absolute atomic E-state index is 0. The SMILES string of the molecule is CCNC(=O)C(C)(C)CNC(=NCC(=O)N(C)C)NCCCN1CCOCC1.I. The Balaban J connectivity index is 0.00000784. The molecule has 1 heterocycles. The van der Waals surface area contributed by atoms with Crippen LogP contribution in [0.4, 0.5) is 0 Å². The fraction of sp³-hybridized carbons (Fsp3) is 0.842. The molecular formula is C19H39IN6O3. The number of nitrogens with zero attached hydrogens (tertiary/aromatic N) is 3. The number of halogens is 1. The Morgan fingerprint density at radius 2 is 1.79 bits per heavy atom. The van der Waals surface area contributed by atoms with Gasteiger partial charge in [-0.1, -0.05) is 0 Å². The van der Waals surface area contributed by atoms with E-state index in [9.17, 15) is 9.59 Å². The first kappa shape index (κ1) is 27.9. The number of amides is 2. The van der Waals surface area contributed by atoms with Gasteiger partial charge in [0.15, 0.2) is 5.96 Å². The number of ether oxygens (including phenoxy) is 1. The fourth-order valence-electron chi connectivity index (χ4n) is 2.58. The molecule has 0 unspecified atom stereocenters. The Labute approximate surface area is 192 Å². The maximum Gasteiger partial charge on any atom is 0.243 e. The number of carbonyl (C=O) groups is 2. The van der Waals surface area contributed by atoms with Gasteiger partial charge >= 0.3 is 0 Å². The largest absolute Gasteiger partial charge is 0.379 e. The average molecular weight is 526 g/mol. The summed E-state index contributed by atoms with van der Waals surface area (Å²) >= 11 is 0. The molecule has 0 aromatic carbocycles. The van der Waals surface area contributed by atoms with E-state index in [1.807, 2.05) is 20.8 Å². The Hall–Kier alpha value is -1.14. The maximum absolute atomic E-state index is 12.2. The smallest absolute Gasteiger partial charge is 0.243 e. The standard InChI is InChI=1S/C19H38N6O3.HI/c1-6-20-17(27)19(2,3)15-23-18(22-14-16(26)24(4)5)21-8-7-9-25-10-12-28-13-11-25;/h6-15H2,1-5H3,(H,20,27)(H2,21,22,23);1H. The van der Waals surface area contributed by atoms with Crippen LogP contribution in [0, 0.1) is 5.41 Å². The van der Waals surface area contributed by atoms with E-state index in [4.69, 9.17) is 4.74 Å². The zero-order chi connectivity index (χ0) is 21.0. The number of aliphatic imine (C=N–C) groups is 1. The van der Waals surface area contributed by atoms with Crippen LogP contribution in [0.15, 0.2) is 4.99 Å². The highest BCUT2D eigenvalue weighted by Crippen LogP contribution is 2.13. The van der Waals surface area contributed by atoms with E-state index in [1.165, 1.54) is 4.90 Å². The summed E-state index contributed by atoms with van der Waals surface area (Å²) in [6, 6.07) is 0. The van der Waals surface area contributed by atoms with Crippen molar-refractivity contribution in [2.24, 2.45) is 10.4 Å². The molecule has 170 valence electrons. The predicted octanol–water partition coefficient (Wildman–Crippen LogP) is 0.112. The number of guanidine groups is 1. The van der Waals surface area contributed by atoms with Crippen molar-refractivity contribution in [3.05, 3.63) is 0 Å². The van der Waals surface area contributed by atoms with Crippen LogP contribution in [0.3, 0.4) is 0 Å². The molecule has 10 heteroatoms. The van der Waals surface area contributed by atoms with Gasteiger partial charge in [-0.2, -0.15) is 0 Å². The summed E-state index contributed by atoms with van der Waals surface area (Å²) in [6.07, 6.45) is 0.960. The molecule has 1 rings (SSSR count). The van der Waals surface area contributed by atoms with Crippen LogP contribution in [0.1, 0.15) is 27.2 Å². The van der Waals surface area contributed by atoms with Gasteiger partial charge in [0.1, 0.15) is 6.54 Å². The molecule has 2 amide bonds. The van der Waals surface area contributed by atoms with Gasteiger partial charge in [-0.25, -0.2) is 4.99 Å². The molecule has 1 aliphatic heterocycles. The molecule has 0 radical (unpaired) electrons. The highest BCUT2D eigenvalue weighted by atomic mass is 127. The summed E-state index contributed by atoms with van der Waals surface area (Å²) in [4.78, 5) is 32.3. The Bertz CT molecular complexity index is 522. The zero-order valence-electron chi connectivity index (χ0n) is 18.5. The topological polar surface area (TPSA) is 98.3 Å². The Morgan fingerprint density at radius 1 is 1.14 bits per heavy atom. The van der Waals surface area contributed by atoms with E-state index in [-0.39, 0.29) is 42.3 Å². The molecule has 1 saturated heterocycles. The van der Waals surface area contributed by atoms with Crippen LogP contribution in [0.5, 0.6) is 0 Å². The van der Waals surface area contributed by atoms with E-state index in [1.54, 1.807) is 14.1 Å². The lowest BCUT2D eigenvalue weighted by Crippen LogP contribution is -2.48. The average Bonchev–Trinajstić information content (AvgIpc) is 2.67. The number of morpholine rings is 1.